The summed E-state index contributed by atoms with van der Waals surface area (Å²) in [5.41, 5.74) is 0.992. The Kier molecular flexibility index (Phi) is 4.01. The summed E-state index contributed by atoms with van der Waals surface area (Å²) in [7, 11) is 1.62. The molecule has 0 atom stereocenters. The SMILES string of the molecule is CNC(=O)CNc1ccccc1I. The summed E-state index contributed by atoms with van der Waals surface area (Å²) in [5, 5.41) is 5.59. The molecule has 3 nitrogen and oxygen atoms in total. The fraction of sp³-hybridized carbons (Fsp3) is 0.222. The van der Waals surface area contributed by atoms with Gasteiger partial charge in [-0.3, -0.25) is 4.79 Å². The van der Waals surface area contributed by atoms with Crippen molar-refractivity contribution in [3.05, 3.63) is 27.8 Å². The van der Waals surface area contributed by atoms with Crippen molar-refractivity contribution in [2.45, 2.75) is 0 Å². The van der Waals surface area contributed by atoms with Gasteiger partial charge in [-0.1, -0.05) is 12.1 Å². The van der Waals surface area contributed by atoms with Gasteiger partial charge in [-0.05, 0) is 34.7 Å². The van der Waals surface area contributed by atoms with E-state index >= 15 is 0 Å². The number of halogens is 1. The minimum atomic E-state index is -0.0142. The molecular formula is C9H11IN2O. The highest BCUT2D eigenvalue weighted by atomic mass is 127. The van der Waals surface area contributed by atoms with Crippen molar-refractivity contribution in [2.24, 2.45) is 0 Å². The van der Waals surface area contributed by atoms with Gasteiger partial charge >= 0.3 is 0 Å². The minimum absolute atomic E-state index is 0.0142. The quantitative estimate of drug-likeness (QED) is 0.827. The van der Waals surface area contributed by atoms with Crippen molar-refractivity contribution in [1.82, 2.24) is 5.32 Å². The summed E-state index contributed by atoms with van der Waals surface area (Å²) in [4.78, 5) is 10.9. The molecule has 4 heteroatoms. The lowest BCUT2D eigenvalue weighted by Crippen LogP contribution is -2.26. The van der Waals surface area contributed by atoms with Crippen LogP contribution in [0.15, 0.2) is 24.3 Å². The largest absolute Gasteiger partial charge is 0.375 e. The molecule has 70 valence electrons. The molecule has 0 aliphatic heterocycles. The number of amides is 1. The molecular weight excluding hydrogens is 279 g/mol. The standard InChI is InChI=1S/C9H11IN2O/c1-11-9(13)6-12-8-5-3-2-4-7(8)10/h2-5,12H,6H2,1H3,(H,11,13). The molecule has 1 aromatic rings. The first-order chi connectivity index (χ1) is 6.24. The van der Waals surface area contributed by atoms with E-state index in [0.717, 1.165) is 9.26 Å². The molecule has 13 heavy (non-hydrogen) atoms. The Morgan fingerprint density at radius 1 is 1.46 bits per heavy atom. The Morgan fingerprint density at radius 2 is 2.15 bits per heavy atom. The lowest BCUT2D eigenvalue weighted by Gasteiger charge is -2.06. The topological polar surface area (TPSA) is 41.1 Å². The third kappa shape index (κ3) is 3.22. The third-order valence-corrected chi connectivity index (χ3v) is 2.53. The second kappa shape index (κ2) is 5.06. The molecule has 0 unspecified atom stereocenters. The van der Waals surface area contributed by atoms with Gasteiger partial charge in [0.05, 0.1) is 6.54 Å². The van der Waals surface area contributed by atoms with Gasteiger partial charge in [0.2, 0.25) is 5.91 Å². The van der Waals surface area contributed by atoms with Crippen molar-refractivity contribution in [3.8, 4) is 0 Å². The summed E-state index contributed by atoms with van der Waals surface area (Å²) < 4.78 is 1.11. The van der Waals surface area contributed by atoms with Gasteiger partial charge in [0.15, 0.2) is 0 Å². The van der Waals surface area contributed by atoms with E-state index < -0.39 is 0 Å². The molecule has 0 heterocycles. The van der Waals surface area contributed by atoms with Crippen LogP contribution in [0.1, 0.15) is 0 Å². The molecule has 0 fully saturated rings. The smallest absolute Gasteiger partial charge is 0.239 e. The van der Waals surface area contributed by atoms with Crippen LogP contribution in [0.2, 0.25) is 0 Å². The van der Waals surface area contributed by atoms with Crippen LogP contribution >= 0.6 is 22.6 Å². The number of nitrogens with one attached hydrogen (secondary N) is 2. The van der Waals surface area contributed by atoms with Crippen LogP contribution in [0.25, 0.3) is 0 Å². The van der Waals surface area contributed by atoms with Gasteiger partial charge in [0, 0.05) is 16.3 Å². The molecule has 0 radical (unpaired) electrons. The van der Waals surface area contributed by atoms with E-state index in [0.29, 0.717) is 6.54 Å². The molecule has 1 amide bonds. The van der Waals surface area contributed by atoms with E-state index in [-0.39, 0.29) is 5.91 Å². The molecule has 1 aromatic carbocycles. The van der Waals surface area contributed by atoms with E-state index in [9.17, 15) is 4.79 Å². The Balaban J connectivity index is 2.54. The van der Waals surface area contributed by atoms with E-state index in [1.807, 2.05) is 24.3 Å². The van der Waals surface area contributed by atoms with Gasteiger partial charge in [0.25, 0.3) is 0 Å². The molecule has 0 saturated heterocycles. The average molecular weight is 290 g/mol. The number of benzene rings is 1. The highest BCUT2D eigenvalue weighted by molar-refractivity contribution is 14.1. The van der Waals surface area contributed by atoms with Crippen LogP contribution in [-0.2, 0) is 4.79 Å². The van der Waals surface area contributed by atoms with E-state index in [4.69, 9.17) is 0 Å². The molecule has 0 aliphatic rings. The molecule has 2 N–H and O–H groups in total. The van der Waals surface area contributed by atoms with Crippen molar-refractivity contribution in [3.63, 3.8) is 0 Å². The third-order valence-electron chi connectivity index (χ3n) is 1.59. The number of para-hydroxylation sites is 1. The first-order valence-corrected chi connectivity index (χ1v) is 5.01. The second-order valence-corrected chi connectivity index (χ2v) is 3.67. The summed E-state index contributed by atoms with van der Waals surface area (Å²) in [6.07, 6.45) is 0. The number of anilines is 1. The zero-order valence-electron chi connectivity index (χ0n) is 7.30. The maximum atomic E-state index is 10.9. The number of hydrogen-bond acceptors (Lipinski definition) is 2. The Bertz CT molecular complexity index is 301. The van der Waals surface area contributed by atoms with Crippen LogP contribution in [0.4, 0.5) is 5.69 Å². The molecule has 0 spiro atoms. The Hall–Kier alpha value is -0.780. The van der Waals surface area contributed by atoms with Crippen LogP contribution in [0.5, 0.6) is 0 Å². The normalized spacial score (nSPS) is 9.38. The zero-order chi connectivity index (χ0) is 9.68. The first-order valence-electron chi connectivity index (χ1n) is 3.93. The predicted molar refractivity (Wildman–Crippen MR) is 61.7 cm³/mol. The van der Waals surface area contributed by atoms with Gasteiger partial charge in [-0.25, -0.2) is 0 Å². The van der Waals surface area contributed by atoms with E-state index in [1.165, 1.54) is 0 Å². The zero-order valence-corrected chi connectivity index (χ0v) is 9.46. The van der Waals surface area contributed by atoms with Crippen molar-refractivity contribution in [2.75, 3.05) is 18.9 Å². The van der Waals surface area contributed by atoms with Gasteiger partial charge in [-0.2, -0.15) is 0 Å². The predicted octanol–water partition coefficient (Wildman–Crippen LogP) is 1.45. The number of carbonyl (C=O) groups is 1. The first kappa shape index (κ1) is 10.3. The van der Waals surface area contributed by atoms with Crippen molar-refractivity contribution in [1.29, 1.82) is 0 Å². The fourth-order valence-corrected chi connectivity index (χ4v) is 1.45. The van der Waals surface area contributed by atoms with Crippen LogP contribution in [0.3, 0.4) is 0 Å². The number of hydrogen-bond donors (Lipinski definition) is 2. The van der Waals surface area contributed by atoms with E-state index in [2.05, 4.69) is 33.2 Å². The molecule has 0 bridgehead atoms. The van der Waals surface area contributed by atoms with Crippen LogP contribution in [0, 0.1) is 3.57 Å². The molecule has 1 rings (SSSR count). The minimum Gasteiger partial charge on any atom is -0.375 e. The van der Waals surface area contributed by atoms with Gasteiger partial charge in [-0.15, -0.1) is 0 Å². The average Bonchev–Trinajstić information content (AvgIpc) is 2.16. The summed E-state index contributed by atoms with van der Waals surface area (Å²) >= 11 is 2.23. The highest BCUT2D eigenvalue weighted by Crippen LogP contribution is 2.16. The maximum absolute atomic E-state index is 10.9. The van der Waals surface area contributed by atoms with Crippen molar-refractivity contribution < 1.29 is 4.79 Å². The van der Waals surface area contributed by atoms with Crippen molar-refractivity contribution >= 4 is 34.2 Å². The van der Waals surface area contributed by atoms with E-state index in [1.54, 1.807) is 7.05 Å². The summed E-state index contributed by atoms with van der Waals surface area (Å²) in [5.74, 6) is -0.0142. The molecule has 0 aliphatic carbocycles. The van der Waals surface area contributed by atoms with Crippen LogP contribution in [-0.4, -0.2) is 19.5 Å². The van der Waals surface area contributed by atoms with Gasteiger partial charge in [0.1, 0.15) is 0 Å². The fourth-order valence-electron chi connectivity index (χ4n) is 0.868. The number of likely N-dealkylation sites (N-methyl/N-ethyl adjacent to an activating group) is 1. The maximum Gasteiger partial charge on any atom is 0.239 e. The Morgan fingerprint density at radius 3 is 2.77 bits per heavy atom. The summed E-state index contributed by atoms with van der Waals surface area (Å²) in [6.45, 7) is 0.316. The number of carbonyl (C=O) groups excluding carboxylic acids is 1. The second-order valence-electron chi connectivity index (χ2n) is 2.51. The Labute approximate surface area is 91.0 Å². The lowest BCUT2D eigenvalue weighted by atomic mass is 10.3. The monoisotopic (exact) mass is 290 g/mol. The molecule has 0 aromatic heterocycles. The molecule has 0 saturated carbocycles. The highest BCUT2D eigenvalue weighted by Gasteiger charge is 1.99. The number of rotatable bonds is 3. The summed E-state index contributed by atoms with van der Waals surface area (Å²) in [6, 6.07) is 7.85. The van der Waals surface area contributed by atoms with Crippen LogP contribution < -0.4 is 10.6 Å². The van der Waals surface area contributed by atoms with Gasteiger partial charge < -0.3 is 10.6 Å². The lowest BCUT2D eigenvalue weighted by molar-refractivity contribution is -0.118.